The molecule has 3 rings (SSSR count). The van der Waals surface area contributed by atoms with E-state index in [1.54, 1.807) is 11.3 Å². The van der Waals surface area contributed by atoms with Crippen molar-refractivity contribution < 1.29 is 0 Å². The summed E-state index contributed by atoms with van der Waals surface area (Å²) >= 11 is 1.72. The van der Waals surface area contributed by atoms with Gasteiger partial charge in [-0.05, 0) is 29.5 Å². The Hall–Kier alpha value is -1.68. The van der Waals surface area contributed by atoms with Crippen molar-refractivity contribution in [1.29, 1.82) is 0 Å². The second kappa shape index (κ2) is 4.53. The molecule has 3 aromatic heterocycles. The molecule has 3 heterocycles. The van der Waals surface area contributed by atoms with Gasteiger partial charge in [0.1, 0.15) is 5.52 Å². The van der Waals surface area contributed by atoms with Crippen molar-refractivity contribution in [3.05, 3.63) is 35.8 Å². The fourth-order valence-corrected chi connectivity index (χ4v) is 2.81. The molecular weight excluding hydrogens is 242 g/mol. The van der Waals surface area contributed by atoms with Crippen molar-refractivity contribution in [1.82, 2.24) is 14.5 Å². The Morgan fingerprint density at radius 1 is 1.28 bits per heavy atom. The Morgan fingerprint density at radius 2 is 2.17 bits per heavy atom. The molecule has 0 unspecified atom stereocenters. The summed E-state index contributed by atoms with van der Waals surface area (Å²) in [6.45, 7) is 5.38. The van der Waals surface area contributed by atoms with Gasteiger partial charge in [-0.25, -0.2) is 9.97 Å². The molecule has 92 valence electrons. The van der Waals surface area contributed by atoms with Crippen molar-refractivity contribution in [3.63, 3.8) is 0 Å². The minimum Gasteiger partial charge on any atom is -0.308 e. The number of fused-ring (bicyclic) bond motifs is 1. The van der Waals surface area contributed by atoms with E-state index in [-0.39, 0.29) is 0 Å². The van der Waals surface area contributed by atoms with Gasteiger partial charge < -0.3 is 4.57 Å². The normalized spacial score (nSPS) is 11.5. The molecule has 0 spiro atoms. The SMILES string of the molecule is CC(C)Cn1c(-c2cccs2)nc2cccnc21. The summed E-state index contributed by atoms with van der Waals surface area (Å²) in [5.41, 5.74) is 1.95. The summed E-state index contributed by atoms with van der Waals surface area (Å²) in [6, 6.07) is 8.14. The first-order valence-electron chi connectivity index (χ1n) is 6.11. The number of aromatic nitrogens is 3. The monoisotopic (exact) mass is 257 g/mol. The maximum atomic E-state index is 4.72. The highest BCUT2D eigenvalue weighted by atomic mass is 32.1. The van der Waals surface area contributed by atoms with E-state index in [4.69, 9.17) is 4.98 Å². The van der Waals surface area contributed by atoms with Crippen LogP contribution in [0, 0.1) is 5.92 Å². The van der Waals surface area contributed by atoms with Crippen LogP contribution in [0.3, 0.4) is 0 Å². The molecule has 3 aromatic rings. The zero-order chi connectivity index (χ0) is 12.5. The van der Waals surface area contributed by atoms with Gasteiger partial charge in [0.2, 0.25) is 0 Å². The summed E-state index contributed by atoms with van der Waals surface area (Å²) in [5, 5.41) is 2.09. The molecule has 0 N–H and O–H groups in total. The predicted octanol–water partition coefficient (Wildman–Crippen LogP) is 3.82. The van der Waals surface area contributed by atoms with Crippen LogP contribution in [-0.4, -0.2) is 14.5 Å². The van der Waals surface area contributed by atoms with Crippen LogP contribution in [0.1, 0.15) is 13.8 Å². The second-order valence-corrected chi connectivity index (χ2v) is 5.71. The Balaban J connectivity index is 2.23. The Morgan fingerprint density at radius 3 is 2.89 bits per heavy atom. The van der Waals surface area contributed by atoms with Crippen LogP contribution in [0.5, 0.6) is 0 Å². The van der Waals surface area contributed by atoms with Crippen molar-refractivity contribution in [3.8, 4) is 10.7 Å². The largest absolute Gasteiger partial charge is 0.308 e. The molecule has 3 nitrogen and oxygen atoms in total. The highest BCUT2D eigenvalue weighted by molar-refractivity contribution is 7.13. The molecule has 0 aliphatic rings. The van der Waals surface area contributed by atoms with E-state index in [0.717, 1.165) is 23.5 Å². The van der Waals surface area contributed by atoms with Crippen LogP contribution in [-0.2, 0) is 6.54 Å². The zero-order valence-electron chi connectivity index (χ0n) is 10.5. The number of nitrogens with zero attached hydrogens (tertiary/aromatic N) is 3. The number of thiophene rings is 1. The smallest absolute Gasteiger partial charge is 0.160 e. The van der Waals surface area contributed by atoms with Gasteiger partial charge in [0.25, 0.3) is 0 Å². The van der Waals surface area contributed by atoms with Crippen LogP contribution < -0.4 is 0 Å². The van der Waals surface area contributed by atoms with Gasteiger partial charge in [-0.3, -0.25) is 0 Å². The summed E-state index contributed by atoms with van der Waals surface area (Å²) in [6.07, 6.45) is 1.83. The van der Waals surface area contributed by atoms with Gasteiger partial charge in [0, 0.05) is 12.7 Å². The summed E-state index contributed by atoms with van der Waals surface area (Å²) in [5.74, 6) is 1.61. The number of hydrogen-bond donors (Lipinski definition) is 0. The molecule has 0 aliphatic carbocycles. The standard InChI is InChI=1S/C14H15N3S/c1-10(2)9-17-13-11(5-3-7-15-13)16-14(17)12-6-4-8-18-12/h3-8,10H,9H2,1-2H3. The molecular formula is C14H15N3S. The molecule has 0 saturated heterocycles. The minimum absolute atomic E-state index is 0.572. The second-order valence-electron chi connectivity index (χ2n) is 4.76. The lowest BCUT2D eigenvalue weighted by molar-refractivity contribution is 0.534. The van der Waals surface area contributed by atoms with Crippen molar-refractivity contribution in [2.75, 3.05) is 0 Å². The van der Waals surface area contributed by atoms with E-state index in [1.807, 2.05) is 18.3 Å². The third-order valence-corrected chi connectivity index (χ3v) is 3.66. The van der Waals surface area contributed by atoms with Crippen molar-refractivity contribution in [2.45, 2.75) is 20.4 Å². The average molecular weight is 257 g/mol. The van der Waals surface area contributed by atoms with Crippen molar-refractivity contribution in [2.24, 2.45) is 5.92 Å². The quantitative estimate of drug-likeness (QED) is 0.714. The molecule has 0 radical (unpaired) electrons. The van der Waals surface area contributed by atoms with Crippen molar-refractivity contribution >= 4 is 22.5 Å². The molecule has 0 amide bonds. The molecule has 0 aliphatic heterocycles. The Bertz CT molecular complexity index is 653. The molecule has 18 heavy (non-hydrogen) atoms. The summed E-state index contributed by atoms with van der Waals surface area (Å²) in [4.78, 5) is 10.4. The number of rotatable bonds is 3. The maximum absolute atomic E-state index is 4.72. The van der Waals surface area contributed by atoms with Crippen LogP contribution in [0.4, 0.5) is 0 Å². The lowest BCUT2D eigenvalue weighted by Crippen LogP contribution is -2.06. The van der Waals surface area contributed by atoms with E-state index in [2.05, 4.69) is 40.9 Å². The lowest BCUT2D eigenvalue weighted by atomic mass is 10.2. The Kier molecular flexibility index (Phi) is 2.88. The van der Waals surface area contributed by atoms with E-state index >= 15 is 0 Å². The van der Waals surface area contributed by atoms with Gasteiger partial charge in [-0.1, -0.05) is 19.9 Å². The third-order valence-electron chi connectivity index (χ3n) is 2.79. The van der Waals surface area contributed by atoms with Crippen LogP contribution in [0.15, 0.2) is 35.8 Å². The van der Waals surface area contributed by atoms with E-state index < -0.39 is 0 Å². The third kappa shape index (κ3) is 1.93. The maximum Gasteiger partial charge on any atom is 0.160 e. The molecule has 4 heteroatoms. The highest BCUT2D eigenvalue weighted by Gasteiger charge is 2.14. The average Bonchev–Trinajstić information content (AvgIpc) is 2.96. The first-order chi connectivity index (χ1) is 8.75. The van der Waals surface area contributed by atoms with Gasteiger partial charge in [-0.15, -0.1) is 11.3 Å². The van der Waals surface area contributed by atoms with Gasteiger partial charge in [0.05, 0.1) is 4.88 Å². The van der Waals surface area contributed by atoms with Crippen LogP contribution in [0.25, 0.3) is 21.9 Å². The fourth-order valence-electron chi connectivity index (χ4n) is 2.09. The lowest BCUT2D eigenvalue weighted by Gasteiger charge is -2.09. The number of pyridine rings is 1. The van der Waals surface area contributed by atoms with Gasteiger partial charge >= 0.3 is 0 Å². The van der Waals surface area contributed by atoms with Crippen LogP contribution in [0.2, 0.25) is 0 Å². The van der Waals surface area contributed by atoms with E-state index in [1.165, 1.54) is 4.88 Å². The molecule has 0 fully saturated rings. The molecule has 0 atom stereocenters. The topological polar surface area (TPSA) is 30.7 Å². The minimum atomic E-state index is 0.572. The summed E-state index contributed by atoms with van der Waals surface area (Å²) < 4.78 is 2.23. The molecule has 0 bridgehead atoms. The fraction of sp³-hybridized carbons (Fsp3) is 0.286. The molecule has 0 aromatic carbocycles. The van der Waals surface area contributed by atoms with Gasteiger partial charge in [0.15, 0.2) is 11.5 Å². The zero-order valence-corrected chi connectivity index (χ0v) is 11.3. The summed E-state index contributed by atoms with van der Waals surface area (Å²) in [7, 11) is 0. The van der Waals surface area contributed by atoms with E-state index in [0.29, 0.717) is 5.92 Å². The number of imidazole rings is 1. The predicted molar refractivity (Wildman–Crippen MR) is 75.7 cm³/mol. The molecule has 0 saturated carbocycles. The first-order valence-corrected chi connectivity index (χ1v) is 6.99. The first kappa shape index (κ1) is 11.4. The van der Waals surface area contributed by atoms with Crippen LogP contribution >= 0.6 is 11.3 Å². The Labute approximate surface area is 110 Å². The highest BCUT2D eigenvalue weighted by Crippen LogP contribution is 2.27. The van der Waals surface area contributed by atoms with E-state index in [9.17, 15) is 0 Å². The van der Waals surface area contributed by atoms with Gasteiger partial charge in [-0.2, -0.15) is 0 Å². The number of hydrogen-bond acceptors (Lipinski definition) is 3.